The molecule has 0 bridgehead atoms. The molecule has 0 spiro atoms. The Labute approximate surface area is 228 Å². The van der Waals surface area contributed by atoms with Gasteiger partial charge in [0.25, 0.3) is 10.8 Å². The molecule has 1 aliphatic rings. The van der Waals surface area contributed by atoms with Gasteiger partial charge in [-0.2, -0.15) is 0 Å². The van der Waals surface area contributed by atoms with E-state index >= 15 is 0 Å². The number of hydrogen-bond donors (Lipinski definition) is 3. The van der Waals surface area contributed by atoms with Gasteiger partial charge in [0, 0.05) is 17.7 Å². The van der Waals surface area contributed by atoms with Crippen LogP contribution in [0.3, 0.4) is 0 Å². The van der Waals surface area contributed by atoms with Crippen LogP contribution in [0.2, 0.25) is 15.1 Å². The number of hydrogen-bond acceptors (Lipinski definition) is 3. The van der Waals surface area contributed by atoms with E-state index in [0.29, 0.717) is 15.6 Å². The number of anilines is 2. The SMILES string of the molecule is O=C(Nc1cc(F)cc([N+](=O)O)c1)c1cc(NC(=O)[C@H]2[C@H](c3ccc(Cl)c(Cl)c3)C2(Cl)Cl)ccc1Cl. The summed E-state index contributed by atoms with van der Waals surface area (Å²) in [6.45, 7) is 0. The van der Waals surface area contributed by atoms with Gasteiger partial charge in [-0.3, -0.25) is 9.59 Å². The van der Waals surface area contributed by atoms with Crippen molar-refractivity contribution >= 4 is 86.9 Å². The second-order valence-electron chi connectivity index (χ2n) is 7.91. The fourth-order valence-corrected chi connectivity index (χ4v) is 5.06. The Morgan fingerprint density at radius 2 is 1.58 bits per heavy atom. The molecule has 13 heteroatoms. The fourth-order valence-electron chi connectivity index (χ4n) is 3.73. The maximum absolute atomic E-state index is 13.7. The van der Waals surface area contributed by atoms with E-state index in [4.69, 9.17) is 63.2 Å². The van der Waals surface area contributed by atoms with Crippen molar-refractivity contribution in [3.63, 3.8) is 0 Å². The number of carbonyl (C=O) groups is 2. The van der Waals surface area contributed by atoms with Crippen LogP contribution >= 0.6 is 58.0 Å². The van der Waals surface area contributed by atoms with Crippen LogP contribution in [-0.2, 0) is 4.79 Å². The molecule has 186 valence electrons. The van der Waals surface area contributed by atoms with Crippen molar-refractivity contribution in [2.24, 2.45) is 5.92 Å². The first-order valence-electron chi connectivity index (χ1n) is 10.1. The predicted octanol–water partition coefficient (Wildman–Crippen LogP) is 7.36. The molecule has 1 aliphatic carbocycles. The van der Waals surface area contributed by atoms with Crippen LogP contribution in [0.5, 0.6) is 0 Å². The second-order valence-corrected chi connectivity index (χ2v) is 10.6. The lowest BCUT2D eigenvalue weighted by Crippen LogP contribution is -2.18. The van der Waals surface area contributed by atoms with Crippen LogP contribution in [0.15, 0.2) is 54.6 Å². The van der Waals surface area contributed by atoms with Crippen molar-refractivity contribution in [1.82, 2.24) is 0 Å². The molecule has 0 radical (unpaired) electrons. The fraction of sp³-hybridized carbons (Fsp3) is 0.130. The van der Waals surface area contributed by atoms with Gasteiger partial charge in [0.1, 0.15) is 10.2 Å². The number of benzene rings is 3. The van der Waals surface area contributed by atoms with E-state index in [-0.39, 0.29) is 22.0 Å². The summed E-state index contributed by atoms with van der Waals surface area (Å²) < 4.78 is 12.3. The summed E-state index contributed by atoms with van der Waals surface area (Å²) >= 11 is 30.9. The Bertz CT molecular complexity index is 1420. The van der Waals surface area contributed by atoms with Gasteiger partial charge in [0.2, 0.25) is 5.91 Å². The molecule has 36 heavy (non-hydrogen) atoms. The van der Waals surface area contributed by atoms with Crippen LogP contribution in [-0.4, -0.2) is 26.3 Å². The van der Waals surface area contributed by atoms with Crippen LogP contribution in [0.25, 0.3) is 0 Å². The Balaban J connectivity index is 1.51. The molecule has 1 fully saturated rings. The lowest BCUT2D eigenvalue weighted by Gasteiger charge is -2.10. The molecule has 0 aromatic heterocycles. The zero-order chi connectivity index (χ0) is 26.4. The van der Waals surface area contributed by atoms with E-state index in [1.54, 1.807) is 18.2 Å². The highest BCUT2D eigenvalue weighted by Gasteiger charge is 2.67. The number of amides is 2. The summed E-state index contributed by atoms with van der Waals surface area (Å²) in [5.41, 5.74) is 0.276. The van der Waals surface area contributed by atoms with Gasteiger partial charge in [0.15, 0.2) is 0 Å². The van der Waals surface area contributed by atoms with Gasteiger partial charge in [-0.15, -0.1) is 23.2 Å². The normalized spacial score (nSPS) is 17.8. The van der Waals surface area contributed by atoms with Crippen molar-refractivity contribution < 1.29 is 24.1 Å². The van der Waals surface area contributed by atoms with Gasteiger partial charge >= 0.3 is 5.69 Å². The number of nitrogens with zero attached hydrogens (tertiary/aromatic N) is 1. The standard InChI is InChI=1S/C23H13Cl5FN3O4/c24-16-4-2-12(9-15(16)21(33)31-13-6-11(29)7-14(8-13)32(35)36)30-22(34)20-19(23(20,27)28)10-1-3-17(25)18(26)5-10/h1-9,19-20H,(H2-,30,31,33,34,35,36)/p+1/t19-,20+/m0/s1. The van der Waals surface area contributed by atoms with E-state index in [2.05, 4.69) is 10.6 Å². The topological polar surface area (TPSA) is 98.5 Å². The van der Waals surface area contributed by atoms with Gasteiger partial charge in [-0.25, -0.2) is 9.60 Å². The summed E-state index contributed by atoms with van der Waals surface area (Å²) in [5, 5.41) is 14.7. The zero-order valence-corrected chi connectivity index (χ0v) is 21.5. The maximum Gasteiger partial charge on any atom is 0.321 e. The minimum Gasteiger partial charge on any atom is -0.326 e. The quantitative estimate of drug-likeness (QED) is 0.206. The summed E-state index contributed by atoms with van der Waals surface area (Å²) in [4.78, 5) is 36.2. The first-order valence-corrected chi connectivity index (χ1v) is 12.0. The van der Waals surface area contributed by atoms with E-state index in [1.807, 2.05) is 0 Å². The number of alkyl halides is 2. The first-order chi connectivity index (χ1) is 16.9. The Morgan fingerprint density at radius 1 is 0.889 bits per heavy atom. The molecule has 0 aliphatic heterocycles. The minimum atomic E-state index is -1.38. The molecule has 2 atom stereocenters. The Morgan fingerprint density at radius 3 is 2.25 bits per heavy atom. The Kier molecular flexibility index (Phi) is 7.37. The van der Waals surface area contributed by atoms with E-state index in [0.717, 1.165) is 18.2 Å². The highest BCUT2D eigenvalue weighted by atomic mass is 35.5. The van der Waals surface area contributed by atoms with Crippen LogP contribution in [0.1, 0.15) is 21.8 Å². The molecule has 1 saturated carbocycles. The van der Waals surface area contributed by atoms with Gasteiger partial charge < -0.3 is 10.6 Å². The molecular formula is C23H14Cl5FN3O4+. The first kappa shape index (κ1) is 26.4. The average molecular weight is 593 g/mol. The van der Waals surface area contributed by atoms with Crippen LogP contribution < -0.4 is 10.6 Å². The molecule has 4 rings (SSSR count). The maximum atomic E-state index is 13.7. The Hall–Kier alpha value is -2.62. The van der Waals surface area contributed by atoms with Crippen LogP contribution in [0.4, 0.5) is 21.5 Å². The van der Waals surface area contributed by atoms with Crippen molar-refractivity contribution in [1.29, 1.82) is 0 Å². The number of nitrogens with one attached hydrogen (secondary N) is 2. The van der Waals surface area contributed by atoms with Crippen molar-refractivity contribution in [2.45, 2.75) is 10.3 Å². The molecule has 3 aromatic carbocycles. The van der Waals surface area contributed by atoms with Crippen molar-refractivity contribution in [2.75, 3.05) is 10.6 Å². The number of halogens is 6. The summed E-state index contributed by atoms with van der Waals surface area (Å²) in [6, 6.07) is 11.8. The lowest BCUT2D eigenvalue weighted by atomic mass is 10.1. The minimum absolute atomic E-state index is 0.0406. The average Bonchev–Trinajstić information content (AvgIpc) is 3.38. The molecule has 2 amide bonds. The highest BCUT2D eigenvalue weighted by Crippen LogP contribution is 2.65. The van der Waals surface area contributed by atoms with Crippen LogP contribution in [0, 0.1) is 16.6 Å². The van der Waals surface area contributed by atoms with Gasteiger partial charge in [0.05, 0.1) is 43.2 Å². The predicted molar refractivity (Wildman–Crippen MR) is 137 cm³/mol. The zero-order valence-electron chi connectivity index (χ0n) is 17.7. The van der Waals surface area contributed by atoms with Crippen molar-refractivity contribution in [3.05, 3.63) is 91.5 Å². The largest absolute Gasteiger partial charge is 0.326 e. The van der Waals surface area contributed by atoms with Gasteiger partial charge in [-0.05, 0) is 42.0 Å². The second kappa shape index (κ2) is 10.0. The van der Waals surface area contributed by atoms with E-state index in [1.165, 1.54) is 18.2 Å². The summed E-state index contributed by atoms with van der Waals surface area (Å²) in [7, 11) is 0. The molecular weight excluding hydrogens is 579 g/mol. The third-order valence-electron chi connectivity index (χ3n) is 5.48. The molecule has 0 unspecified atom stereocenters. The van der Waals surface area contributed by atoms with Crippen molar-refractivity contribution in [3.8, 4) is 0 Å². The van der Waals surface area contributed by atoms with E-state index < -0.39 is 44.4 Å². The monoisotopic (exact) mass is 590 g/mol. The van der Waals surface area contributed by atoms with Gasteiger partial charge in [-0.1, -0.05) is 40.9 Å². The third kappa shape index (κ3) is 5.38. The number of carbonyl (C=O) groups excluding carboxylic acids is 2. The molecule has 3 aromatic rings. The molecule has 0 saturated heterocycles. The summed E-state index contributed by atoms with van der Waals surface area (Å²) in [5.74, 6) is -3.48. The van der Waals surface area contributed by atoms with E-state index in [9.17, 15) is 18.9 Å². The lowest BCUT2D eigenvalue weighted by molar-refractivity contribution is -0.729. The smallest absolute Gasteiger partial charge is 0.321 e. The molecule has 0 heterocycles. The number of rotatable bonds is 6. The molecule has 3 N–H and O–H groups in total. The molecule has 7 nitrogen and oxygen atoms in total. The highest BCUT2D eigenvalue weighted by molar-refractivity contribution is 6.53. The summed E-state index contributed by atoms with van der Waals surface area (Å²) in [6.07, 6.45) is 0. The third-order valence-corrected chi connectivity index (χ3v) is 7.49.